The van der Waals surface area contributed by atoms with Crippen LogP contribution in [0.2, 0.25) is 0 Å². The van der Waals surface area contributed by atoms with Crippen LogP contribution in [0.3, 0.4) is 0 Å². The molecule has 7 rings (SSSR count). The zero-order valence-corrected chi connectivity index (χ0v) is 27.7. The van der Waals surface area contributed by atoms with E-state index in [9.17, 15) is 26.3 Å². The fourth-order valence-electron chi connectivity index (χ4n) is 6.88. The summed E-state index contributed by atoms with van der Waals surface area (Å²) in [6.07, 6.45) is 0. The molecule has 0 radical (unpaired) electrons. The van der Waals surface area contributed by atoms with Gasteiger partial charge in [-0.25, -0.2) is 0 Å². The number of hydrogen-bond donors (Lipinski definition) is 0. The molecule has 0 fully saturated rings. The standard InChI is InChI=1S/C47H25N5/c48-26-31-11-8-18-35(23-31)43-42(34-14-2-1-3-15-34)46(40-21-6-4-16-38(40)29-51)44(36-19-9-12-32(24-36)27-49)45(37-20-10-13-33(25-37)28-50)47(43)41-22-7-5-17-39(41)30-52/h1-25H. The van der Waals surface area contributed by atoms with Crippen molar-refractivity contribution in [2.45, 2.75) is 0 Å². The summed E-state index contributed by atoms with van der Waals surface area (Å²) in [4.78, 5) is 0. The molecule has 5 heteroatoms. The first-order valence-corrected chi connectivity index (χ1v) is 16.4. The Morgan fingerprint density at radius 2 is 0.596 bits per heavy atom. The van der Waals surface area contributed by atoms with Gasteiger partial charge < -0.3 is 0 Å². The van der Waals surface area contributed by atoms with Gasteiger partial charge in [-0.3, -0.25) is 0 Å². The summed E-state index contributed by atoms with van der Waals surface area (Å²) in [5.74, 6) is 0. The van der Waals surface area contributed by atoms with Crippen molar-refractivity contribution in [1.82, 2.24) is 0 Å². The Bertz CT molecular complexity index is 2740. The van der Waals surface area contributed by atoms with Gasteiger partial charge in [-0.2, -0.15) is 26.3 Å². The third-order valence-electron chi connectivity index (χ3n) is 9.04. The maximum Gasteiger partial charge on any atom is 0.0998 e. The maximum atomic E-state index is 10.6. The van der Waals surface area contributed by atoms with Crippen LogP contribution in [0.25, 0.3) is 66.8 Å². The highest BCUT2D eigenvalue weighted by Gasteiger charge is 2.31. The van der Waals surface area contributed by atoms with Crippen LogP contribution in [0.5, 0.6) is 0 Å². The quantitative estimate of drug-likeness (QED) is 0.176. The predicted octanol–water partition coefficient (Wildman–Crippen LogP) is 11.0. The molecule has 0 saturated carbocycles. The third-order valence-corrected chi connectivity index (χ3v) is 9.04. The second-order valence-corrected chi connectivity index (χ2v) is 12.0. The lowest BCUT2D eigenvalue weighted by molar-refractivity contribution is 1.44. The molecule has 0 aliphatic rings. The SMILES string of the molecule is N#Cc1cccc(-c2c(-c3cccc(C#N)c3)c(-c3ccccc3C#N)c(-c3cccc(C#N)c3)c(-c3ccccc3)c2-c2ccccc2C#N)c1. The Kier molecular flexibility index (Phi) is 8.90. The van der Waals surface area contributed by atoms with Crippen LogP contribution in [0.4, 0.5) is 0 Å². The molecule has 0 aliphatic carbocycles. The van der Waals surface area contributed by atoms with Gasteiger partial charge in [0.1, 0.15) is 0 Å². The summed E-state index contributed by atoms with van der Waals surface area (Å²) in [5, 5.41) is 51.5. The summed E-state index contributed by atoms with van der Waals surface area (Å²) in [6, 6.07) is 58.4. The van der Waals surface area contributed by atoms with E-state index in [2.05, 4.69) is 30.3 Å². The van der Waals surface area contributed by atoms with Gasteiger partial charge in [0.25, 0.3) is 0 Å². The predicted molar refractivity (Wildman–Crippen MR) is 203 cm³/mol. The molecule has 0 unspecified atom stereocenters. The first-order chi connectivity index (χ1) is 25.6. The Hall–Kier alpha value is -8.01. The lowest BCUT2D eigenvalue weighted by Gasteiger charge is -2.29. The van der Waals surface area contributed by atoms with Gasteiger partial charge in [-0.1, -0.05) is 103 Å². The number of nitriles is 5. The minimum atomic E-state index is 0.429. The van der Waals surface area contributed by atoms with Crippen LogP contribution in [-0.2, 0) is 0 Å². The summed E-state index contributed by atoms with van der Waals surface area (Å²) < 4.78 is 0. The lowest BCUT2D eigenvalue weighted by Crippen LogP contribution is -2.04. The van der Waals surface area contributed by atoms with Gasteiger partial charge in [0.2, 0.25) is 0 Å². The van der Waals surface area contributed by atoms with Crippen LogP contribution < -0.4 is 0 Å². The molecule has 5 nitrogen and oxygen atoms in total. The van der Waals surface area contributed by atoms with Crippen molar-refractivity contribution in [1.29, 1.82) is 26.3 Å². The average Bonchev–Trinajstić information content (AvgIpc) is 3.22. The Morgan fingerprint density at radius 1 is 0.269 bits per heavy atom. The molecule has 7 aromatic carbocycles. The fourth-order valence-corrected chi connectivity index (χ4v) is 6.88. The van der Waals surface area contributed by atoms with Crippen molar-refractivity contribution < 1.29 is 0 Å². The topological polar surface area (TPSA) is 119 Å². The third kappa shape index (κ3) is 5.83. The van der Waals surface area contributed by atoms with E-state index in [0.29, 0.717) is 61.2 Å². The van der Waals surface area contributed by atoms with Crippen LogP contribution >= 0.6 is 0 Å². The minimum Gasteiger partial charge on any atom is -0.192 e. The first-order valence-electron chi connectivity index (χ1n) is 16.4. The number of benzene rings is 7. The zero-order valence-electron chi connectivity index (χ0n) is 27.7. The molecule has 0 saturated heterocycles. The van der Waals surface area contributed by atoms with Gasteiger partial charge >= 0.3 is 0 Å². The van der Waals surface area contributed by atoms with E-state index in [-0.39, 0.29) is 0 Å². The van der Waals surface area contributed by atoms with Gasteiger partial charge in [0.05, 0.1) is 58.2 Å². The van der Waals surface area contributed by atoms with Crippen molar-refractivity contribution in [2.75, 3.05) is 0 Å². The molecule has 238 valence electrons. The molecule has 0 aromatic heterocycles. The molecule has 0 atom stereocenters. The minimum absolute atomic E-state index is 0.429. The largest absolute Gasteiger partial charge is 0.192 e. The highest BCUT2D eigenvalue weighted by atomic mass is 14.3. The number of hydrogen-bond acceptors (Lipinski definition) is 5. The van der Waals surface area contributed by atoms with Gasteiger partial charge in [0.15, 0.2) is 0 Å². The van der Waals surface area contributed by atoms with E-state index >= 15 is 0 Å². The molecule has 0 amide bonds. The van der Waals surface area contributed by atoms with Crippen molar-refractivity contribution in [3.63, 3.8) is 0 Å². The number of nitrogens with zero attached hydrogens (tertiary/aromatic N) is 5. The fraction of sp³-hybridized carbons (Fsp3) is 0. The lowest BCUT2D eigenvalue weighted by atomic mass is 9.73. The van der Waals surface area contributed by atoms with E-state index in [0.717, 1.165) is 33.4 Å². The van der Waals surface area contributed by atoms with Crippen LogP contribution in [0.15, 0.2) is 152 Å². The zero-order chi connectivity index (χ0) is 36.0. The van der Waals surface area contributed by atoms with E-state index in [1.165, 1.54) is 0 Å². The number of rotatable bonds is 6. The monoisotopic (exact) mass is 659 g/mol. The Balaban J connectivity index is 1.91. The summed E-state index contributed by atoms with van der Waals surface area (Å²) in [7, 11) is 0. The highest BCUT2D eigenvalue weighted by Crippen LogP contribution is 2.56. The van der Waals surface area contributed by atoms with E-state index in [1.807, 2.05) is 121 Å². The maximum absolute atomic E-state index is 10.6. The molecule has 0 N–H and O–H groups in total. The van der Waals surface area contributed by atoms with E-state index < -0.39 is 0 Å². The second kappa shape index (κ2) is 14.2. The smallest absolute Gasteiger partial charge is 0.0998 e. The molecular weight excluding hydrogens is 635 g/mol. The van der Waals surface area contributed by atoms with Crippen molar-refractivity contribution in [2.24, 2.45) is 0 Å². The van der Waals surface area contributed by atoms with Crippen LogP contribution in [0, 0.1) is 56.7 Å². The summed E-state index contributed by atoms with van der Waals surface area (Å²) >= 11 is 0. The van der Waals surface area contributed by atoms with Gasteiger partial charge in [0, 0.05) is 11.1 Å². The molecule has 52 heavy (non-hydrogen) atoms. The van der Waals surface area contributed by atoms with Crippen molar-refractivity contribution in [3.05, 3.63) is 179 Å². The van der Waals surface area contributed by atoms with Crippen molar-refractivity contribution in [3.8, 4) is 97.1 Å². The normalized spacial score (nSPS) is 10.2. The summed E-state index contributed by atoms with van der Waals surface area (Å²) in [6.45, 7) is 0. The van der Waals surface area contributed by atoms with Crippen molar-refractivity contribution >= 4 is 0 Å². The summed E-state index contributed by atoms with van der Waals surface area (Å²) in [5.41, 5.74) is 10.9. The Labute approximate surface area is 302 Å². The molecule has 7 aromatic rings. The highest BCUT2D eigenvalue weighted by molar-refractivity contribution is 6.16. The van der Waals surface area contributed by atoms with E-state index in [1.54, 1.807) is 30.3 Å². The van der Waals surface area contributed by atoms with Crippen LogP contribution in [-0.4, -0.2) is 0 Å². The van der Waals surface area contributed by atoms with Gasteiger partial charge in [-0.05, 0) is 104 Å². The van der Waals surface area contributed by atoms with E-state index in [4.69, 9.17) is 0 Å². The van der Waals surface area contributed by atoms with Gasteiger partial charge in [-0.15, -0.1) is 0 Å². The average molecular weight is 660 g/mol. The molecule has 0 spiro atoms. The molecule has 0 aliphatic heterocycles. The first kappa shape index (κ1) is 32.5. The molecule has 0 heterocycles. The molecular formula is C47H25N5. The second-order valence-electron chi connectivity index (χ2n) is 12.0. The Morgan fingerprint density at radius 3 is 0.962 bits per heavy atom. The molecule has 0 bridgehead atoms. The van der Waals surface area contributed by atoms with Crippen LogP contribution in [0.1, 0.15) is 27.8 Å².